The molecule has 0 radical (unpaired) electrons. The Balaban J connectivity index is 1.64. The summed E-state index contributed by atoms with van der Waals surface area (Å²) >= 11 is 5.91. The fraction of sp³-hybridized carbons (Fsp3) is 0.267. The average Bonchev–Trinajstić information content (AvgIpc) is 3.43. The largest absolute Gasteiger partial charge is 0.494 e. The Bertz CT molecular complexity index is 1690. The van der Waals surface area contributed by atoms with Crippen molar-refractivity contribution < 1.29 is 13.2 Å². The summed E-state index contributed by atoms with van der Waals surface area (Å²) in [7, 11) is 2.08. The predicted octanol–water partition coefficient (Wildman–Crippen LogP) is 5.11. The van der Waals surface area contributed by atoms with Crippen molar-refractivity contribution >= 4 is 44.4 Å². The normalized spacial score (nSPS) is 16.9. The van der Waals surface area contributed by atoms with Crippen molar-refractivity contribution in [1.82, 2.24) is 14.9 Å². The summed E-state index contributed by atoms with van der Waals surface area (Å²) < 4.78 is 34.2. The summed E-state index contributed by atoms with van der Waals surface area (Å²) in [4.78, 5) is 8.81. The molecule has 4 aromatic rings. The summed E-state index contributed by atoms with van der Waals surface area (Å²) in [6, 6.07) is 21.4. The van der Waals surface area contributed by atoms with Gasteiger partial charge in [0, 0.05) is 54.8 Å². The van der Waals surface area contributed by atoms with Crippen LogP contribution in [0.2, 0.25) is 0 Å². The highest BCUT2D eigenvalue weighted by molar-refractivity contribution is 7.92. The van der Waals surface area contributed by atoms with Crippen molar-refractivity contribution in [2.75, 3.05) is 42.0 Å². The van der Waals surface area contributed by atoms with Crippen LogP contribution in [-0.4, -0.2) is 50.5 Å². The number of sulfonamides is 1. The van der Waals surface area contributed by atoms with Gasteiger partial charge in [0.05, 0.1) is 36.8 Å². The van der Waals surface area contributed by atoms with Crippen LogP contribution in [0.3, 0.4) is 0 Å². The third-order valence-corrected chi connectivity index (χ3v) is 8.18. The maximum Gasteiger partial charge on any atom is 0.229 e. The van der Waals surface area contributed by atoms with E-state index in [1.807, 2.05) is 38.4 Å². The lowest BCUT2D eigenvalue weighted by atomic mass is 9.96. The van der Waals surface area contributed by atoms with Gasteiger partial charge in [-0.25, -0.2) is 8.42 Å². The van der Waals surface area contributed by atoms with E-state index in [9.17, 15) is 8.42 Å². The molecule has 1 saturated heterocycles. The molecule has 2 atom stereocenters. The summed E-state index contributed by atoms with van der Waals surface area (Å²) in [6.07, 6.45) is 2.89. The molecule has 9 nitrogen and oxygen atoms in total. The molecule has 0 amide bonds. The minimum absolute atomic E-state index is 0.228. The molecule has 0 bridgehead atoms. The second kappa shape index (κ2) is 11.1. The van der Waals surface area contributed by atoms with E-state index >= 15 is 0 Å². The first-order valence-corrected chi connectivity index (χ1v) is 15.4. The molecule has 1 fully saturated rings. The lowest BCUT2D eigenvalue weighted by molar-refractivity contribution is 0.417. The van der Waals surface area contributed by atoms with Crippen LogP contribution in [-0.2, 0) is 10.0 Å². The number of rotatable bonds is 8. The third kappa shape index (κ3) is 5.59. The van der Waals surface area contributed by atoms with E-state index < -0.39 is 10.0 Å². The highest BCUT2D eigenvalue weighted by Crippen LogP contribution is 2.45. The van der Waals surface area contributed by atoms with Gasteiger partial charge in [-0.05, 0) is 86.2 Å². The molecule has 2 aromatic carbocycles. The van der Waals surface area contributed by atoms with E-state index in [1.54, 1.807) is 18.3 Å². The van der Waals surface area contributed by atoms with Gasteiger partial charge in [0.15, 0.2) is 5.11 Å². The maximum atomic E-state index is 11.9. The minimum atomic E-state index is -3.49. The first-order valence-electron chi connectivity index (χ1n) is 13.1. The Kier molecular flexibility index (Phi) is 7.67. The van der Waals surface area contributed by atoms with E-state index in [0.29, 0.717) is 16.5 Å². The van der Waals surface area contributed by atoms with Crippen LogP contribution >= 0.6 is 12.2 Å². The molecule has 0 spiro atoms. The Morgan fingerprint density at radius 2 is 1.73 bits per heavy atom. The monoisotopic (exact) mass is 590 g/mol. The molecule has 2 aromatic heterocycles. The zero-order valence-electron chi connectivity index (χ0n) is 23.9. The smallest absolute Gasteiger partial charge is 0.229 e. The maximum absolute atomic E-state index is 11.9. The second-order valence-electron chi connectivity index (χ2n) is 10.3. The fourth-order valence-corrected chi connectivity index (χ4v) is 6.36. The van der Waals surface area contributed by atoms with Crippen LogP contribution in [0, 0.1) is 13.8 Å². The van der Waals surface area contributed by atoms with Crippen LogP contribution < -0.4 is 24.6 Å². The van der Waals surface area contributed by atoms with Crippen LogP contribution in [0.15, 0.2) is 72.9 Å². The predicted molar refractivity (Wildman–Crippen MR) is 169 cm³/mol. The van der Waals surface area contributed by atoms with Gasteiger partial charge in [0.1, 0.15) is 5.75 Å². The van der Waals surface area contributed by atoms with Gasteiger partial charge in [-0.1, -0.05) is 6.07 Å². The van der Waals surface area contributed by atoms with Crippen LogP contribution in [0.4, 0.5) is 17.1 Å². The molecular formula is C30H34N6O3S2. The highest BCUT2D eigenvalue weighted by Gasteiger charge is 2.42. The first kappa shape index (κ1) is 28.4. The van der Waals surface area contributed by atoms with Crippen molar-refractivity contribution in [3.05, 3.63) is 95.6 Å². The summed E-state index contributed by atoms with van der Waals surface area (Å²) in [5.41, 5.74) is 7.47. The molecule has 2 N–H and O–H groups in total. The summed E-state index contributed by atoms with van der Waals surface area (Å²) in [5, 5.41) is 4.04. The van der Waals surface area contributed by atoms with Crippen molar-refractivity contribution in [2.24, 2.45) is 0 Å². The molecular weight excluding hydrogens is 557 g/mol. The Morgan fingerprint density at radius 1 is 1.02 bits per heavy atom. The topological polar surface area (TPSA) is 91.7 Å². The molecule has 1 aliphatic rings. The van der Waals surface area contributed by atoms with Crippen molar-refractivity contribution in [1.29, 1.82) is 0 Å². The van der Waals surface area contributed by atoms with E-state index in [2.05, 4.69) is 73.6 Å². The van der Waals surface area contributed by atoms with Crippen molar-refractivity contribution in [3.8, 4) is 11.4 Å². The number of benzene rings is 2. The van der Waals surface area contributed by atoms with Crippen LogP contribution in [0.1, 0.15) is 34.7 Å². The standard InChI is InChI=1S/C30H34N6O3S2/c1-19-17-24(20(2)35(19)22-12-10-21(11-13-22)34(3)4)29-28(26-9-7-8-16-31-26)32-30(40)36(29)23-14-15-25(27(18-23)39-5)33-41(6,37)38/h7-18,28-29,33H,1-6H3,(H,32,40)/t28-,29+/m0/s1. The summed E-state index contributed by atoms with van der Waals surface area (Å²) in [5.74, 6) is 0.391. The number of nitrogens with zero attached hydrogens (tertiary/aromatic N) is 4. The van der Waals surface area contributed by atoms with Crippen LogP contribution in [0.25, 0.3) is 5.69 Å². The lowest BCUT2D eigenvalue weighted by Gasteiger charge is -2.29. The van der Waals surface area contributed by atoms with Gasteiger partial charge in [-0.3, -0.25) is 9.71 Å². The van der Waals surface area contributed by atoms with E-state index in [0.717, 1.165) is 46.0 Å². The summed E-state index contributed by atoms with van der Waals surface area (Å²) in [6.45, 7) is 4.22. The Morgan fingerprint density at radius 3 is 2.34 bits per heavy atom. The van der Waals surface area contributed by atoms with Gasteiger partial charge in [0.25, 0.3) is 0 Å². The molecule has 0 aliphatic carbocycles. The molecule has 3 heterocycles. The number of thiocarbonyl (C=S) groups is 1. The van der Waals surface area contributed by atoms with E-state index in [-0.39, 0.29) is 12.1 Å². The molecule has 5 rings (SSSR count). The Hall–Kier alpha value is -4.09. The minimum Gasteiger partial charge on any atom is -0.494 e. The van der Waals surface area contributed by atoms with Gasteiger partial charge < -0.3 is 24.4 Å². The number of anilines is 3. The van der Waals surface area contributed by atoms with Gasteiger partial charge >= 0.3 is 0 Å². The van der Waals surface area contributed by atoms with Gasteiger partial charge in [-0.15, -0.1) is 0 Å². The fourth-order valence-electron chi connectivity index (χ4n) is 5.45. The number of aromatic nitrogens is 2. The molecule has 11 heteroatoms. The van der Waals surface area contributed by atoms with E-state index in [1.165, 1.54) is 7.11 Å². The van der Waals surface area contributed by atoms with Crippen molar-refractivity contribution in [3.63, 3.8) is 0 Å². The molecule has 1 aliphatic heterocycles. The third-order valence-electron chi connectivity index (χ3n) is 7.27. The number of methoxy groups -OCH3 is 1. The number of aryl methyl sites for hydroxylation is 1. The zero-order chi connectivity index (χ0) is 29.5. The highest BCUT2D eigenvalue weighted by atomic mass is 32.2. The number of nitrogens with one attached hydrogen (secondary N) is 2. The first-order chi connectivity index (χ1) is 19.5. The molecule has 41 heavy (non-hydrogen) atoms. The number of pyridine rings is 1. The SMILES string of the molecule is COc1cc(N2C(=S)N[C@@H](c3ccccn3)[C@H]2c2cc(C)n(-c3ccc(N(C)C)cc3)c2C)ccc1NS(C)(=O)=O. The van der Waals surface area contributed by atoms with Crippen LogP contribution in [0.5, 0.6) is 5.75 Å². The number of hydrogen-bond donors (Lipinski definition) is 2. The molecule has 214 valence electrons. The lowest BCUT2D eigenvalue weighted by Crippen LogP contribution is -2.29. The molecule has 0 unspecified atom stereocenters. The van der Waals surface area contributed by atoms with Crippen molar-refractivity contribution in [2.45, 2.75) is 25.9 Å². The zero-order valence-corrected chi connectivity index (χ0v) is 25.5. The quantitative estimate of drug-likeness (QED) is 0.274. The Labute approximate surface area is 246 Å². The number of hydrogen-bond acceptors (Lipinski definition) is 6. The second-order valence-corrected chi connectivity index (χ2v) is 12.5. The van der Waals surface area contributed by atoms with E-state index in [4.69, 9.17) is 17.0 Å². The average molecular weight is 591 g/mol. The molecule has 0 saturated carbocycles. The number of ether oxygens (including phenoxy) is 1. The van der Waals surface area contributed by atoms with Gasteiger partial charge in [-0.2, -0.15) is 0 Å². The van der Waals surface area contributed by atoms with Gasteiger partial charge in [0.2, 0.25) is 10.0 Å².